The van der Waals surface area contributed by atoms with Gasteiger partial charge in [-0.1, -0.05) is 11.6 Å². The fraction of sp³-hybridized carbons (Fsp3) is 0.529. The lowest BCUT2D eigenvalue weighted by Gasteiger charge is -2.13. The van der Waals surface area contributed by atoms with E-state index in [1.165, 1.54) is 31.3 Å². The number of pyridine rings is 1. The van der Waals surface area contributed by atoms with Crippen molar-refractivity contribution in [2.24, 2.45) is 0 Å². The van der Waals surface area contributed by atoms with E-state index in [2.05, 4.69) is 35.5 Å². The number of carbonyl (C=O) groups excluding carboxylic acids is 1. The molecule has 1 aromatic heterocycles. The Kier molecular flexibility index (Phi) is 5.78. The van der Waals surface area contributed by atoms with Gasteiger partial charge in [0.25, 0.3) is 5.91 Å². The zero-order valence-corrected chi connectivity index (χ0v) is 13.0. The molecule has 1 amide bonds. The van der Waals surface area contributed by atoms with Crippen LogP contribution in [-0.2, 0) is 0 Å². The van der Waals surface area contributed by atoms with Crippen LogP contribution in [-0.4, -0.2) is 23.5 Å². The molecule has 1 heterocycles. The van der Waals surface area contributed by atoms with Crippen molar-refractivity contribution in [3.8, 4) is 0 Å². The van der Waals surface area contributed by atoms with Crippen LogP contribution < -0.4 is 10.6 Å². The summed E-state index contributed by atoms with van der Waals surface area (Å²) in [5.74, 6) is -0.0983. The molecule has 0 bridgehead atoms. The van der Waals surface area contributed by atoms with Gasteiger partial charge in [0.05, 0.1) is 0 Å². The fourth-order valence-corrected chi connectivity index (χ4v) is 2.54. The van der Waals surface area contributed by atoms with E-state index in [4.69, 9.17) is 0 Å². The highest BCUT2D eigenvalue weighted by atomic mass is 16.1. The molecular formula is C17H25N3O. The minimum atomic E-state index is -0.0983. The van der Waals surface area contributed by atoms with Crippen molar-refractivity contribution in [2.75, 3.05) is 11.9 Å². The van der Waals surface area contributed by atoms with Crippen molar-refractivity contribution in [3.05, 3.63) is 35.7 Å². The first-order valence-corrected chi connectivity index (χ1v) is 7.84. The molecule has 0 aromatic carbocycles. The Balaban J connectivity index is 1.83. The van der Waals surface area contributed by atoms with Crippen molar-refractivity contribution < 1.29 is 4.79 Å². The predicted molar refractivity (Wildman–Crippen MR) is 86.5 cm³/mol. The number of carbonyl (C=O) groups is 1. The van der Waals surface area contributed by atoms with Crippen molar-refractivity contribution in [1.29, 1.82) is 0 Å². The average Bonchev–Trinajstić information content (AvgIpc) is 2.48. The molecule has 0 unspecified atom stereocenters. The summed E-state index contributed by atoms with van der Waals surface area (Å²) in [6.07, 6.45) is 9.90. The van der Waals surface area contributed by atoms with Crippen LogP contribution >= 0.6 is 0 Å². The number of nitrogens with zero attached hydrogens (tertiary/aromatic N) is 1. The first-order valence-electron chi connectivity index (χ1n) is 7.84. The van der Waals surface area contributed by atoms with Crippen molar-refractivity contribution in [3.63, 3.8) is 0 Å². The van der Waals surface area contributed by atoms with Gasteiger partial charge in [0.2, 0.25) is 0 Å². The zero-order valence-electron chi connectivity index (χ0n) is 13.0. The first kappa shape index (κ1) is 15.5. The number of allylic oxidation sites excluding steroid dienone is 1. The van der Waals surface area contributed by atoms with Gasteiger partial charge < -0.3 is 10.6 Å². The van der Waals surface area contributed by atoms with Crippen LogP contribution in [0.25, 0.3) is 0 Å². The second kappa shape index (κ2) is 7.81. The van der Waals surface area contributed by atoms with Gasteiger partial charge in [-0.15, -0.1) is 0 Å². The minimum absolute atomic E-state index is 0.0983. The number of hydrogen-bond acceptors (Lipinski definition) is 3. The molecule has 4 heteroatoms. The Hall–Kier alpha value is -1.84. The normalized spacial score (nSPS) is 14.7. The Morgan fingerprint density at radius 2 is 2.24 bits per heavy atom. The van der Waals surface area contributed by atoms with Crippen LogP contribution in [0.1, 0.15) is 56.4 Å². The SMILES string of the molecule is CC(C)Nc1ccnc(C(=O)NCCC2=CCCCC2)c1. The van der Waals surface area contributed by atoms with Gasteiger partial charge >= 0.3 is 0 Å². The van der Waals surface area contributed by atoms with Crippen LogP contribution in [0.15, 0.2) is 30.0 Å². The Labute approximate surface area is 127 Å². The lowest BCUT2D eigenvalue weighted by Crippen LogP contribution is -2.26. The summed E-state index contributed by atoms with van der Waals surface area (Å²) in [6, 6.07) is 4.01. The number of amides is 1. The topological polar surface area (TPSA) is 54.0 Å². The summed E-state index contributed by atoms with van der Waals surface area (Å²) in [5.41, 5.74) is 2.88. The van der Waals surface area contributed by atoms with E-state index >= 15 is 0 Å². The highest BCUT2D eigenvalue weighted by molar-refractivity contribution is 5.93. The third kappa shape index (κ3) is 5.21. The van der Waals surface area contributed by atoms with Gasteiger partial charge in [-0.3, -0.25) is 9.78 Å². The average molecular weight is 287 g/mol. The summed E-state index contributed by atoms with van der Waals surface area (Å²) < 4.78 is 0. The van der Waals surface area contributed by atoms with Crippen molar-refractivity contribution in [2.45, 2.75) is 52.0 Å². The van der Waals surface area contributed by atoms with E-state index in [0.717, 1.165) is 12.1 Å². The molecule has 1 aliphatic carbocycles. The molecule has 2 rings (SSSR count). The maximum absolute atomic E-state index is 12.1. The number of hydrogen-bond donors (Lipinski definition) is 2. The van der Waals surface area contributed by atoms with Crippen molar-refractivity contribution >= 4 is 11.6 Å². The van der Waals surface area contributed by atoms with Crippen LogP contribution in [0.2, 0.25) is 0 Å². The van der Waals surface area contributed by atoms with Crippen molar-refractivity contribution in [1.82, 2.24) is 10.3 Å². The maximum atomic E-state index is 12.1. The maximum Gasteiger partial charge on any atom is 0.269 e. The number of nitrogens with one attached hydrogen (secondary N) is 2. The molecule has 0 radical (unpaired) electrons. The number of rotatable bonds is 6. The standard InChI is InChI=1S/C17H25N3O/c1-13(2)20-15-9-11-18-16(12-15)17(21)19-10-8-14-6-4-3-5-7-14/h6,9,11-13H,3-5,7-8,10H2,1-2H3,(H,18,20)(H,19,21). The van der Waals surface area contributed by atoms with E-state index in [1.54, 1.807) is 12.3 Å². The molecular weight excluding hydrogens is 262 g/mol. The fourth-order valence-electron chi connectivity index (χ4n) is 2.54. The summed E-state index contributed by atoms with van der Waals surface area (Å²) in [5, 5.41) is 6.24. The van der Waals surface area contributed by atoms with Gasteiger partial charge in [-0.2, -0.15) is 0 Å². The molecule has 2 N–H and O–H groups in total. The highest BCUT2D eigenvalue weighted by Crippen LogP contribution is 2.19. The largest absolute Gasteiger partial charge is 0.383 e. The van der Waals surface area contributed by atoms with E-state index in [1.807, 2.05) is 6.07 Å². The minimum Gasteiger partial charge on any atom is -0.383 e. The molecule has 0 saturated carbocycles. The van der Waals surface area contributed by atoms with E-state index in [0.29, 0.717) is 18.3 Å². The van der Waals surface area contributed by atoms with E-state index in [9.17, 15) is 4.79 Å². The van der Waals surface area contributed by atoms with Gasteiger partial charge in [0.15, 0.2) is 0 Å². The smallest absolute Gasteiger partial charge is 0.269 e. The lowest BCUT2D eigenvalue weighted by molar-refractivity contribution is 0.0949. The Bertz CT molecular complexity index is 509. The zero-order chi connectivity index (χ0) is 15.1. The molecule has 0 fully saturated rings. The Morgan fingerprint density at radius 3 is 2.95 bits per heavy atom. The van der Waals surface area contributed by atoms with Crippen LogP contribution in [0.3, 0.4) is 0 Å². The summed E-state index contributed by atoms with van der Waals surface area (Å²) in [4.78, 5) is 16.2. The highest BCUT2D eigenvalue weighted by Gasteiger charge is 2.09. The summed E-state index contributed by atoms with van der Waals surface area (Å²) >= 11 is 0. The molecule has 21 heavy (non-hydrogen) atoms. The van der Waals surface area contributed by atoms with Crippen LogP contribution in [0.4, 0.5) is 5.69 Å². The first-order chi connectivity index (χ1) is 10.1. The third-order valence-corrected chi connectivity index (χ3v) is 3.56. The second-order valence-electron chi connectivity index (χ2n) is 5.84. The molecule has 0 aliphatic heterocycles. The molecule has 4 nitrogen and oxygen atoms in total. The molecule has 0 atom stereocenters. The Morgan fingerprint density at radius 1 is 1.38 bits per heavy atom. The summed E-state index contributed by atoms with van der Waals surface area (Å²) in [7, 11) is 0. The molecule has 1 aliphatic rings. The van der Waals surface area contributed by atoms with Crippen LogP contribution in [0, 0.1) is 0 Å². The molecule has 114 valence electrons. The van der Waals surface area contributed by atoms with E-state index < -0.39 is 0 Å². The number of anilines is 1. The second-order valence-corrected chi connectivity index (χ2v) is 5.84. The van der Waals surface area contributed by atoms with Gasteiger partial charge in [-0.25, -0.2) is 0 Å². The van der Waals surface area contributed by atoms with Gasteiger partial charge in [-0.05, 0) is 58.1 Å². The quantitative estimate of drug-likeness (QED) is 0.787. The molecule has 0 spiro atoms. The third-order valence-electron chi connectivity index (χ3n) is 3.56. The molecule has 1 aromatic rings. The van der Waals surface area contributed by atoms with Gasteiger partial charge in [0.1, 0.15) is 5.69 Å². The van der Waals surface area contributed by atoms with E-state index in [-0.39, 0.29) is 5.91 Å². The lowest BCUT2D eigenvalue weighted by atomic mass is 9.97. The molecule has 0 saturated heterocycles. The predicted octanol–water partition coefficient (Wildman–Crippen LogP) is 3.52. The van der Waals surface area contributed by atoms with Crippen LogP contribution in [0.5, 0.6) is 0 Å². The number of aromatic nitrogens is 1. The monoisotopic (exact) mass is 287 g/mol. The summed E-state index contributed by atoms with van der Waals surface area (Å²) in [6.45, 7) is 4.82. The van der Waals surface area contributed by atoms with Gasteiger partial charge in [0, 0.05) is 24.5 Å².